The zero-order valence-electron chi connectivity index (χ0n) is 14.1. The van der Waals surface area contributed by atoms with Crippen LogP contribution < -0.4 is 15.0 Å². The van der Waals surface area contributed by atoms with Crippen molar-refractivity contribution in [2.24, 2.45) is 0 Å². The van der Waals surface area contributed by atoms with Gasteiger partial charge in [-0.05, 0) is 37.8 Å². The molecule has 1 N–H and O–H groups in total. The van der Waals surface area contributed by atoms with Crippen LogP contribution in [0, 0.1) is 13.8 Å². The molecule has 2 heterocycles. The van der Waals surface area contributed by atoms with Crippen LogP contribution in [0.25, 0.3) is 0 Å². The number of carbonyl (C=O) groups excluding carboxylic acids is 1. The second-order valence-electron chi connectivity index (χ2n) is 6.01. The van der Waals surface area contributed by atoms with Crippen molar-refractivity contribution >= 4 is 17.4 Å². The van der Waals surface area contributed by atoms with Crippen molar-refractivity contribution in [3.8, 4) is 5.75 Å². The third kappa shape index (κ3) is 3.64. The van der Waals surface area contributed by atoms with Crippen molar-refractivity contribution in [1.29, 1.82) is 0 Å². The Balaban J connectivity index is 1.65. The number of ether oxygens (including phenoxy) is 1. The number of carbonyl (C=O) groups is 1. The summed E-state index contributed by atoms with van der Waals surface area (Å²) in [6.45, 7) is 5.81. The highest BCUT2D eigenvalue weighted by atomic mass is 16.5. The minimum Gasteiger partial charge on any atom is -0.483 e. The molecular formula is C18H22N4O2. The number of nitrogens with one attached hydrogen (secondary N) is 1. The maximum Gasteiger partial charge on any atom is 0.262 e. The van der Waals surface area contributed by atoms with Gasteiger partial charge in [-0.3, -0.25) is 4.79 Å². The van der Waals surface area contributed by atoms with Gasteiger partial charge in [0.2, 0.25) is 0 Å². The molecule has 6 nitrogen and oxygen atoms in total. The summed E-state index contributed by atoms with van der Waals surface area (Å²) in [6, 6.07) is 5.91. The molecule has 126 valence electrons. The monoisotopic (exact) mass is 326 g/mol. The van der Waals surface area contributed by atoms with Crippen LogP contribution in [-0.2, 0) is 4.79 Å². The number of hydrogen-bond acceptors (Lipinski definition) is 5. The lowest BCUT2D eigenvalue weighted by Crippen LogP contribution is -2.25. The summed E-state index contributed by atoms with van der Waals surface area (Å²) in [7, 11) is 0. The van der Waals surface area contributed by atoms with Crippen LogP contribution in [0.15, 0.2) is 30.7 Å². The predicted molar refractivity (Wildman–Crippen MR) is 93.5 cm³/mol. The summed E-state index contributed by atoms with van der Waals surface area (Å²) in [5.41, 5.74) is 2.67. The number of aryl methyl sites for hydroxylation is 2. The van der Waals surface area contributed by atoms with E-state index in [-0.39, 0.29) is 12.5 Å². The lowest BCUT2D eigenvalue weighted by atomic mass is 10.1. The first-order chi connectivity index (χ1) is 11.6. The number of anilines is 2. The van der Waals surface area contributed by atoms with Crippen LogP contribution in [0.5, 0.6) is 5.75 Å². The van der Waals surface area contributed by atoms with Crippen molar-refractivity contribution in [1.82, 2.24) is 9.97 Å². The summed E-state index contributed by atoms with van der Waals surface area (Å²) >= 11 is 0. The molecule has 0 saturated carbocycles. The molecule has 1 aliphatic heterocycles. The lowest BCUT2D eigenvalue weighted by molar-refractivity contribution is -0.118. The molecule has 1 amide bonds. The van der Waals surface area contributed by atoms with Gasteiger partial charge in [0, 0.05) is 13.1 Å². The number of amides is 1. The van der Waals surface area contributed by atoms with Crippen molar-refractivity contribution in [2.45, 2.75) is 26.7 Å². The fraction of sp³-hybridized carbons (Fsp3) is 0.389. The number of aromatic nitrogens is 2. The minimum absolute atomic E-state index is 0.0416. The Kier molecular flexibility index (Phi) is 4.93. The second-order valence-corrected chi connectivity index (χ2v) is 6.01. The quantitative estimate of drug-likeness (QED) is 0.915. The van der Waals surface area contributed by atoms with Gasteiger partial charge in [0.15, 0.2) is 12.4 Å². The highest BCUT2D eigenvalue weighted by Gasteiger charge is 2.18. The molecule has 0 unspecified atom stereocenters. The molecule has 1 aromatic carbocycles. The molecule has 0 bridgehead atoms. The van der Waals surface area contributed by atoms with Crippen molar-refractivity contribution < 1.29 is 9.53 Å². The molecular weight excluding hydrogens is 304 g/mol. The Bertz CT molecular complexity index is 706. The second kappa shape index (κ2) is 7.29. The van der Waals surface area contributed by atoms with E-state index in [1.54, 1.807) is 6.20 Å². The van der Waals surface area contributed by atoms with Crippen LogP contribution in [0.1, 0.15) is 24.0 Å². The van der Waals surface area contributed by atoms with Gasteiger partial charge < -0.3 is 15.0 Å². The van der Waals surface area contributed by atoms with E-state index < -0.39 is 0 Å². The van der Waals surface area contributed by atoms with E-state index in [4.69, 9.17) is 4.74 Å². The van der Waals surface area contributed by atoms with Gasteiger partial charge in [-0.25, -0.2) is 9.97 Å². The van der Waals surface area contributed by atoms with Gasteiger partial charge in [-0.15, -0.1) is 0 Å². The topological polar surface area (TPSA) is 67.3 Å². The fourth-order valence-corrected chi connectivity index (χ4v) is 2.94. The first-order valence-electron chi connectivity index (χ1n) is 8.19. The number of nitrogens with zero attached hydrogens (tertiary/aromatic N) is 3. The van der Waals surface area contributed by atoms with Gasteiger partial charge in [-0.1, -0.05) is 18.2 Å². The molecule has 1 aliphatic rings. The van der Waals surface area contributed by atoms with Gasteiger partial charge >= 0.3 is 0 Å². The van der Waals surface area contributed by atoms with Crippen LogP contribution in [-0.4, -0.2) is 35.6 Å². The fourth-order valence-electron chi connectivity index (χ4n) is 2.94. The Morgan fingerprint density at radius 2 is 1.96 bits per heavy atom. The van der Waals surface area contributed by atoms with E-state index in [0.717, 1.165) is 48.6 Å². The Labute approximate surface area is 141 Å². The maximum absolute atomic E-state index is 12.3. The predicted octanol–water partition coefficient (Wildman–Crippen LogP) is 2.71. The summed E-state index contributed by atoms with van der Waals surface area (Å²) in [5.74, 6) is 1.33. The van der Waals surface area contributed by atoms with Gasteiger partial charge in [0.1, 0.15) is 17.8 Å². The van der Waals surface area contributed by atoms with E-state index >= 15 is 0 Å². The van der Waals surface area contributed by atoms with Gasteiger partial charge in [-0.2, -0.15) is 0 Å². The van der Waals surface area contributed by atoms with E-state index in [9.17, 15) is 4.79 Å². The first-order valence-corrected chi connectivity index (χ1v) is 8.19. The highest BCUT2D eigenvalue weighted by molar-refractivity contribution is 5.94. The van der Waals surface area contributed by atoms with E-state index in [2.05, 4.69) is 20.2 Å². The molecule has 1 fully saturated rings. The third-order valence-electron chi connectivity index (χ3n) is 4.13. The Morgan fingerprint density at radius 3 is 2.67 bits per heavy atom. The minimum atomic E-state index is -0.215. The zero-order valence-corrected chi connectivity index (χ0v) is 14.1. The molecule has 0 spiro atoms. The number of rotatable bonds is 5. The lowest BCUT2D eigenvalue weighted by Gasteiger charge is -2.19. The normalized spacial score (nSPS) is 13.8. The summed E-state index contributed by atoms with van der Waals surface area (Å²) in [4.78, 5) is 22.8. The molecule has 0 radical (unpaired) electrons. The smallest absolute Gasteiger partial charge is 0.262 e. The van der Waals surface area contributed by atoms with Crippen LogP contribution in [0.2, 0.25) is 0 Å². The van der Waals surface area contributed by atoms with E-state index in [0.29, 0.717) is 5.69 Å². The average molecular weight is 326 g/mol. The van der Waals surface area contributed by atoms with Crippen LogP contribution in [0.4, 0.5) is 11.5 Å². The number of hydrogen-bond donors (Lipinski definition) is 1. The van der Waals surface area contributed by atoms with E-state index in [1.807, 2.05) is 32.0 Å². The maximum atomic E-state index is 12.3. The van der Waals surface area contributed by atoms with Crippen LogP contribution in [0.3, 0.4) is 0 Å². The Hall–Kier alpha value is -2.63. The summed E-state index contributed by atoms with van der Waals surface area (Å²) < 4.78 is 5.70. The average Bonchev–Trinajstić information content (AvgIpc) is 3.09. The molecule has 0 aliphatic carbocycles. The molecule has 2 aromatic rings. The molecule has 1 aromatic heterocycles. The third-order valence-corrected chi connectivity index (χ3v) is 4.13. The van der Waals surface area contributed by atoms with Gasteiger partial charge in [0.05, 0.1) is 6.20 Å². The summed E-state index contributed by atoms with van der Waals surface area (Å²) in [6.07, 6.45) is 5.44. The largest absolute Gasteiger partial charge is 0.483 e. The van der Waals surface area contributed by atoms with Crippen molar-refractivity contribution in [2.75, 3.05) is 29.9 Å². The molecule has 3 rings (SSSR count). The van der Waals surface area contributed by atoms with E-state index in [1.165, 1.54) is 6.33 Å². The van der Waals surface area contributed by atoms with Crippen molar-refractivity contribution in [3.63, 3.8) is 0 Å². The molecule has 1 saturated heterocycles. The number of para-hydroxylation sites is 1. The molecule has 0 atom stereocenters. The van der Waals surface area contributed by atoms with Crippen LogP contribution >= 0.6 is 0 Å². The molecule has 24 heavy (non-hydrogen) atoms. The first kappa shape index (κ1) is 16.2. The zero-order chi connectivity index (χ0) is 16.9. The van der Waals surface area contributed by atoms with Crippen molar-refractivity contribution in [3.05, 3.63) is 41.9 Å². The van der Waals surface area contributed by atoms with Gasteiger partial charge in [0.25, 0.3) is 5.91 Å². The standard InChI is InChI=1S/C18H22N4O2/c1-13-6-5-7-14(2)17(13)24-11-16(23)21-15-10-19-12-20-18(15)22-8-3-4-9-22/h5-7,10,12H,3-4,8-9,11H2,1-2H3,(H,21,23). The highest BCUT2D eigenvalue weighted by Crippen LogP contribution is 2.26. The number of benzene rings is 1. The molecule has 6 heteroatoms. The Morgan fingerprint density at radius 1 is 1.25 bits per heavy atom. The SMILES string of the molecule is Cc1cccc(C)c1OCC(=O)Nc1cncnc1N1CCCC1. The summed E-state index contributed by atoms with van der Waals surface area (Å²) in [5, 5.41) is 2.87.